The van der Waals surface area contributed by atoms with Crippen molar-refractivity contribution in [3.8, 4) is 5.75 Å². The third-order valence-electron chi connectivity index (χ3n) is 3.30. The zero-order chi connectivity index (χ0) is 16.8. The summed E-state index contributed by atoms with van der Waals surface area (Å²) >= 11 is 0. The molecule has 0 aliphatic carbocycles. The molecule has 1 atom stereocenters. The number of anilines is 1. The fourth-order valence-corrected chi connectivity index (χ4v) is 2.20. The van der Waals surface area contributed by atoms with E-state index in [9.17, 15) is 19.3 Å². The maximum absolute atomic E-state index is 13.7. The lowest BCUT2D eigenvalue weighted by molar-refractivity contribution is -0.384. The molecule has 9 heteroatoms. The second kappa shape index (κ2) is 7.84. The number of rotatable bonds is 7. The summed E-state index contributed by atoms with van der Waals surface area (Å²) < 4.78 is 28.9. The molecule has 1 aromatic carbocycles. The van der Waals surface area contributed by atoms with Crippen LogP contribution in [0.25, 0.3) is 0 Å². The predicted molar refractivity (Wildman–Crippen MR) is 78.0 cm³/mol. The number of nitro benzene ring substituents is 1. The Labute approximate surface area is 131 Å². The Hall–Kier alpha value is -2.26. The predicted octanol–water partition coefficient (Wildman–Crippen LogP) is 1.88. The number of ether oxygens (including phenoxy) is 3. The van der Waals surface area contributed by atoms with Gasteiger partial charge in [-0.1, -0.05) is 0 Å². The minimum Gasteiger partial charge on any atom is -0.493 e. The molecule has 23 heavy (non-hydrogen) atoms. The third-order valence-corrected chi connectivity index (χ3v) is 3.30. The van der Waals surface area contributed by atoms with Crippen molar-refractivity contribution < 1.29 is 28.3 Å². The van der Waals surface area contributed by atoms with Crippen molar-refractivity contribution in [2.75, 3.05) is 32.2 Å². The van der Waals surface area contributed by atoms with Crippen LogP contribution in [0.1, 0.15) is 12.8 Å². The maximum atomic E-state index is 13.7. The number of methoxy groups -OCH3 is 1. The van der Waals surface area contributed by atoms with Crippen LogP contribution in [-0.4, -0.2) is 43.9 Å². The van der Waals surface area contributed by atoms with E-state index in [0.717, 1.165) is 25.0 Å². The summed E-state index contributed by atoms with van der Waals surface area (Å²) in [4.78, 5) is 22.0. The van der Waals surface area contributed by atoms with Gasteiger partial charge in [0.2, 0.25) is 0 Å². The molecule has 0 aromatic heterocycles. The topological polar surface area (TPSA) is 99.9 Å². The normalized spacial score (nSPS) is 17.0. The van der Waals surface area contributed by atoms with Crippen molar-refractivity contribution in [1.29, 1.82) is 0 Å². The number of benzene rings is 1. The van der Waals surface area contributed by atoms with Gasteiger partial charge in [-0.3, -0.25) is 14.9 Å². The average molecular weight is 328 g/mol. The molecule has 2 rings (SSSR count). The van der Waals surface area contributed by atoms with E-state index in [1.807, 2.05) is 0 Å². The minimum absolute atomic E-state index is 0.0319. The first-order valence-electron chi connectivity index (χ1n) is 7.02. The zero-order valence-electron chi connectivity index (χ0n) is 12.5. The lowest BCUT2D eigenvalue weighted by Gasteiger charge is -2.11. The minimum atomic E-state index is -0.811. The molecule has 1 fully saturated rings. The first kappa shape index (κ1) is 17.1. The molecule has 1 aliphatic heterocycles. The molecule has 1 saturated heterocycles. The highest BCUT2D eigenvalue weighted by Gasteiger charge is 2.21. The van der Waals surface area contributed by atoms with E-state index in [1.165, 1.54) is 7.11 Å². The standard InChI is InChI=1S/C14H17FN2O6/c1-21-13-6-12(17(19)20)11(5-10(13)15)16-14(18)8-22-7-9-3-2-4-23-9/h5-6,9H,2-4,7-8H2,1H3,(H,16,18). The van der Waals surface area contributed by atoms with Crippen LogP contribution in [0.3, 0.4) is 0 Å². The van der Waals surface area contributed by atoms with Crippen LogP contribution in [0, 0.1) is 15.9 Å². The molecule has 8 nitrogen and oxygen atoms in total. The number of carbonyl (C=O) groups is 1. The van der Waals surface area contributed by atoms with Gasteiger partial charge in [0.1, 0.15) is 12.3 Å². The summed E-state index contributed by atoms with van der Waals surface area (Å²) in [6, 6.07) is 1.76. The number of halogens is 1. The second-order valence-corrected chi connectivity index (χ2v) is 4.96. The lowest BCUT2D eigenvalue weighted by atomic mass is 10.2. The molecule has 1 unspecified atom stereocenters. The lowest BCUT2D eigenvalue weighted by Crippen LogP contribution is -2.23. The van der Waals surface area contributed by atoms with Crippen molar-refractivity contribution in [2.24, 2.45) is 0 Å². The molecule has 126 valence electrons. The Morgan fingerprint density at radius 2 is 2.35 bits per heavy atom. The van der Waals surface area contributed by atoms with Gasteiger partial charge < -0.3 is 19.5 Å². The van der Waals surface area contributed by atoms with Crippen LogP contribution in [0.15, 0.2) is 12.1 Å². The van der Waals surface area contributed by atoms with E-state index in [4.69, 9.17) is 9.47 Å². The van der Waals surface area contributed by atoms with Crippen LogP contribution in [0.4, 0.5) is 15.8 Å². The van der Waals surface area contributed by atoms with Gasteiger partial charge >= 0.3 is 0 Å². The highest BCUT2D eigenvalue weighted by atomic mass is 19.1. The van der Waals surface area contributed by atoms with Crippen molar-refractivity contribution in [1.82, 2.24) is 0 Å². The van der Waals surface area contributed by atoms with Crippen LogP contribution in [0.5, 0.6) is 5.75 Å². The summed E-state index contributed by atoms with van der Waals surface area (Å²) in [6.07, 6.45) is 1.80. The smallest absolute Gasteiger partial charge is 0.296 e. The van der Waals surface area contributed by atoms with Crippen molar-refractivity contribution >= 4 is 17.3 Å². The number of hydrogen-bond donors (Lipinski definition) is 1. The molecule has 0 spiro atoms. The van der Waals surface area contributed by atoms with E-state index in [1.54, 1.807) is 0 Å². The highest BCUT2D eigenvalue weighted by Crippen LogP contribution is 2.31. The van der Waals surface area contributed by atoms with Gasteiger partial charge in [-0.2, -0.15) is 0 Å². The van der Waals surface area contributed by atoms with Crippen LogP contribution in [-0.2, 0) is 14.3 Å². The van der Waals surface area contributed by atoms with Crippen LogP contribution in [0.2, 0.25) is 0 Å². The van der Waals surface area contributed by atoms with Crippen LogP contribution < -0.4 is 10.1 Å². The molecule has 0 radical (unpaired) electrons. The molecule has 1 heterocycles. The van der Waals surface area contributed by atoms with E-state index in [0.29, 0.717) is 6.61 Å². The number of nitrogens with one attached hydrogen (secondary N) is 1. The fraction of sp³-hybridized carbons (Fsp3) is 0.500. The molecular formula is C14H17FN2O6. The monoisotopic (exact) mass is 328 g/mol. The van der Waals surface area contributed by atoms with Gasteiger partial charge in [0.15, 0.2) is 11.6 Å². The molecule has 0 saturated carbocycles. The fourth-order valence-electron chi connectivity index (χ4n) is 2.20. The Bertz CT molecular complexity index is 589. The van der Waals surface area contributed by atoms with Crippen molar-refractivity contribution in [3.63, 3.8) is 0 Å². The van der Waals surface area contributed by atoms with Gasteiger partial charge in [-0.25, -0.2) is 4.39 Å². The van der Waals surface area contributed by atoms with E-state index < -0.39 is 22.3 Å². The molecule has 1 aromatic rings. The number of nitrogens with zero attached hydrogens (tertiary/aromatic N) is 1. The summed E-state index contributed by atoms with van der Waals surface area (Å²) in [5.41, 5.74) is -0.713. The number of amides is 1. The maximum Gasteiger partial charge on any atom is 0.296 e. The summed E-state index contributed by atoms with van der Waals surface area (Å²) in [5, 5.41) is 13.3. The van der Waals surface area contributed by atoms with E-state index in [-0.39, 0.29) is 30.8 Å². The van der Waals surface area contributed by atoms with Gasteiger partial charge in [0, 0.05) is 12.7 Å². The second-order valence-electron chi connectivity index (χ2n) is 4.96. The molecule has 1 aliphatic rings. The SMILES string of the molecule is COc1cc([N+](=O)[O-])c(NC(=O)COCC2CCCO2)cc1F. The van der Waals surface area contributed by atoms with Gasteiger partial charge in [-0.15, -0.1) is 0 Å². The quantitative estimate of drug-likeness (QED) is 0.606. The van der Waals surface area contributed by atoms with Crippen molar-refractivity contribution in [3.05, 3.63) is 28.1 Å². The highest BCUT2D eigenvalue weighted by molar-refractivity contribution is 5.94. The Morgan fingerprint density at radius 3 is 2.96 bits per heavy atom. The van der Waals surface area contributed by atoms with Crippen LogP contribution >= 0.6 is 0 Å². The molecule has 0 bridgehead atoms. The Balaban J connectivity index is 1.96. The molecule has 1 amide bonds. The Morgan fingerprint density at radius 1 is 1.57 bits per heavy atom. The summed E-state index contributed by atoms with van der Waals surface area (Å²) in [6.45, 7) is 0.648. The van der Waals surface area contributed by atoms with Crippen molar-refractivity contribution in [2.45, 2.75) is 18.9 Å². The summed E-state index contributed by atoms with van der Waals surface area (Å²) in [7, 11) is 1.19. The zero-order valence-corrected chi connectivity index (χ0v) is 12.5. The number of carbonyl (C=O) groups excluding carboxylic acids is 1. The number of hydrogen-bond acceptors (Lipinski definition) is 6. The Kier molecular flexibility index (Phi) is 5.83. The first-order valence-corrected chi connectivity index (χ1v) is 7.02. The third kappa shape index (κ3) is 4.60. The van der Waals surface area contributed by atoms with Gasteiger partial charge in [-0.05, 0) is 12.8 Å². The average Bonchev–Trinajstić information content (AvgIpc) is 3.00. The first-order chi connectivity index (χ1) is 11.0. The molecular weight excluding hydrogens is 311 g/mol. The summed E-state index contributed by atoms with van der Waals surface area (Å²) in [5.74, 6) is -1.70. The van der Waals surface area contributed by atoms with Gasteiger partial charge in [0.05, 0.1) is 30.8 Å². The van der Waals surface area contributed by atoms with Gasteiger partial charge in [0.25, 0.3) is 11.6 Å². The van der Waals surface area contributed by atoms with E-state index >= 15 is 0 Å². The largest absolute Gasteiger partial charge is 0.493 e. The van der Waals surface area contributed by atoms with E-state index in [2.05, 4.69) is 10.1 Å². The number of nitro groups is 1. The molecule has 1 N–H and O–H groups in total.